The van der Waals surface area contributed by atoms with Gasteiger partial charge >= 0.3 is 0 Å². The zero-order valence-electron chi connectivity index (χ0n) is 17.3. The van der Waals surface area contributed by atoms with E-state index in [2.05, 4.69) is 41.3 Å². The topological polar surface area (TPSA) is 69.1 Å². The number of piperidine rings is 1. The second-order valence-electron chi connectivity index (χ2n) is 8.61. The number of ether oxygens (including phenoxy) is 1. The average molecular weight is 369 g/mol. The lowest BCUT2D eigenvalue weighted by atomic mass is 9.84. The lowest BCUT2D eigenvalue weighted by Crippen LogP contribution is -2.52. The van der Waals surface area contributed by atoms with E-state index in [1.807, 2.05) is 7.05 Å². The van der Waals surface area contributed by atoms with Gasteiger partial charge in [0.1, 0.15) is 0 Å². The van der Waals surface area contributed by atoms with Crippen molar-refractivity contribution in [3.63, 3.8) is 0 Å². The molecule has 0 radical (unpaired) electrons. The molecule has 6 nitrogen and oxygen atoms in total. The highest BCUT2D eigenvalue weighted by atomic mass is 16.5. The van der Waals surface area contributed by atoms with Crippen molar-refractivity contribution in [3.05, 3.63) is 0 Å². The molecule has 6 heteroatoms. The van der Waals surface area contributed by atoms with E-state index in [0.29, 0.717) is 12.0 Å². The van der Waals surface area contributed by atoms with Crippen LogP contribution in [0.25, 0.3) is 0 Å². The summed E-state index contributed by atoms with van der Waals surface area (Å²) in [6.07, 6.45) is 4.38. The van der Waals surface area contributed by atoms with E-state index in [-0.39, 0.29) is 12.0 Å². The molecule has 0 bridgehead atoms. The average Bonchev–Trinajstić information content (AvgIpc) is 3.08. The monoisotopic (exact) mass is 368 g/mol. The molecule has 0 aromatic rings. The van der Waals surface area contributed by atoms with E-state index >= 15 is 0 Å². The van der Waals surface area contributed by atoms with Gasteiger partial charge in [-0.05, 0) is 50.6 Å². The van der Waals surface area contributed by atoms with Crippen molar-refractivity contribution in [1.29, 1.82) is 0 Å². The van der Waals surface area contributed by atoms with Gasteiger partial charge in [0, 0.05) is 44.8 Å². The molecule has 0 aromatic heterocycles. The van der Waals surface area contributed by atoms with E-state index in [4.69, 9.17) is 4.74 Å². The molecule has 2 aliphatic rings. The highest BCUT2D eigenvalue weighted by Crippen LogP contribution is 2.31. The number of aliphatic hydroxyl groups excluding tert-OH is 1. The Morgan fingerprint density at radius 1 is 1.31 bits per heavy atom. The largest absolute Gasteiger partial charge is 0.396 e. The molecule has 2 saturated heterocycles. The molecule has 0 spiro atoms. The van der Waals surface area contributed by atoms with Gasteiger partial charge in [0.15, 0.2) is 5.96 Å². The van der Waals surface area contributed by atoms with Crippen molar-refractivity contribution in [3.8, 4) is 0 Å². The normalized spacial score (nSPS) is 27.1. The summed E-state index contributed by atoms with van der Waals surface area (Å²) in [7, 11) is 1.83. The highest BCUT2D eigenvalue weighted by molar-refractivity contribution is 5.79. The number of nitrogens with one attached hydrogen (secondary N) is 2. The van der Waals surface area contributed by atoms with Crippen molar-refractivity contribution in [2.75, 3.05) is 53.0 Å². The molecule has 0 saturated carbocycles. The summed E-state index contributed by atoms with van der Waals surface area (Å²) < 4.78 is 5.58. The van der Waals surface area contributed by atoms with Gasteiger partial charge < -0.3 is 20.5 Å². The minimum absolute atomic E-state index is 0.0346. The van der Waals surface area contributed by atoms with Gasteiger partial charge in [-0.15, -0.1) is 0 Å². The zero-order valence-corrected chi connectivity index (χ0v) is 17.3. The lowest BCUT2D eigenvalue weighted by molar-refractivity contribution is 0.109. The summed E-state index contributed by atoms with van der Waals surface area (Å²) in [4.78, 5) is 7.04. The quantitative estimate of drug-likeness (QED) is 0.449. The number of rotatable bonds is 8. The van der Waals surface area contributed by atoms with Gasteiger partial charge in [-0.25, -0.2) is 0 Å². The Morgan fingerprint density at radius 3 is 2.58 bits per heavy atom. The van der Waals surface area contributed by atoms with Gasteiger partial charge in [0.2, 0.25) is 0 Å². The predicted molar refractivity (Wildman–Crippen MR) is 108 cm³/mol. The summed E-state index contributed by atoms with van der Waals surface area (Å²) in [6, 6.07) is 0.530. The Balaban J connectivity index is 1.84. The van der Waals surface area contributed by atoms with Crippen LogP contribution in [-0.2, 0) is 4.74 Å². The summed E-state index contributed by atoms with van der Waals surface area (Å²) in [5.74, 6) is 2.32. The van der Waals surface area contributed by atoms with Gasteiger partial charge in [-0.2, -0.15) is 0 Å². The Morgan fingerprint density at radius 2 is 2.04 bits per heavy atom. The molecule has 0 amide bonds. The fourth-order valence-electron chi connectivity index (χ4n) is 4.15. The molecule has 2 aliphatic heterocycles. The molecule has 3 N–H and O–H groups in total. The Kier molecular flexibility index (Phi) is 8.64. The smallest absolute Gasteiger partial charge is 0.191 e. The lowest BCUT2D eigenvalue weighted by Gasteiger charge is -2.39. The van der Waals surface area contributed by atoms with E-state index in [1.165, 1.54) is 25.9 Å². The third-order valence-corrected chi connectivity index (χ3v) is 6.22. The van der Waals surface area contributed by atoms with Crippen LogP contribution in [0.2, 0.25) is 0 Å². The molecule has 0 aromatic carbocycles. The maximum Gasteiger partial charge on any atom is 0.191 e. The minimum Gasteiger partial charge on any atom is -0.396 e. The van der Waals surface area contributed by atoms with Gasteiger partial charge in [-0.3, -0.25) is 9.89 Å². The van der Waals surface area contributed by atoms with Crippen LogP contribution in [0, 0.1) is 17.3 Å². The van der Waals surface area contributed by atoms with Crippen LogP contribution in [0.1, 0.15) is 46.5 Å². The van der Waals surface area contributed by atoms with Crippen molar-refractivity contribution < 1.29 is 9.84 Å². The second-order valence-corrected chi connectivity index (χ2v) is 8.61. The van der Waals surface area contributed by atoms with Gasteiger partial charge in [-0.1, -0.05) is 20.8 Å². The van der Waals surface area contributed by atoms with E-state index in [1.54, 1.807) is 0 Å². The van der Waals surface area contributed by atoms with Crippen molar-refractivity contribution >= 4 is 5.96 Å². The van der Waals surface area contributed by atoms with Crippen LogP contribution in [0.5, 0.6) is 0 Å². The van der Waals surface area contributed by atoms with E-state index in [9.17, 15) is 5.11 Å². The maximum absolute atomic E-state index is 9.38. The fourth-order valence-corrected chi connectivity index (χ4v) is 4.15. The number of guanidine groups is 1. The molecule has 2 atom stereocenters. The maximum atomic E-state index is 9.38. The van der Waals surface area contributed by atoms with Crippen LogP contribution in [0.4, 0.5) is 0 Å². The molecule has 2 rings (SSSR count). The molecule has 2 heterocycles. The number of aliphatic imine (C=N–C) groups is 1. The van der Waals surface area contributed by atoms with Crippen molar-refractivity contribution in [2.24, 2.45) is 22.2 Å². The number of hydrogen-bond donors (Lipinski definition) is 3. The minimum atomic E-state index is 0.0346. The SMILES string of the molecule is CN=C(NCC(C(C)C)N1CCC(C)CC1)NCC1(CCO)CCOC1. The first-order valence-electron chi connectivity index (χ1n) is 10.4. The first kappa shape index (κ1) is 21.5. The van der Waals surface area contributed by atoms with Gasteiger partial charge in [0.05, 0.1) is 6.61 Å². The number of aliphatic hydroxyl groups is 1. The van der Waals surface area contributed by atoms with Crippen molar-refractivity contribution in [2.45, 2.75) is 52.5 Å². The third kappa shape index (κ3) is 6.10. The molecule has 0 aliphatic carbocycles. The number of nitrogens with zero attached hydrogens (tertiary/aromatic N) is 2. The molecule has 2 fully saturated rings. The van der Waals surface area contributed by atoms with Crippen LogP contribution >= 0.6 is 0 Å². The van der Waals surface area contributed by atoms with Crippen LogP contribution in [0.3, 0.4) is 0 Å². The van der Waals surface area contributed by atoms with Crippen LogP contribution in [0.15, 0.2) is 4.99 Å². The Labute approximate surface area is 159 Å². The van der Waals surface area contributed by atoms with Gasteiger partial charge in [0.25, 0.3) is 0 Å². The van der Waals surface area contributed by atoms with Crippen molar-refractivity contribution in [1.82, 2.24) is 15.5 Å². The highest BCUT2D eigenvalue weighted by Gasteiger charge is 2.34. The summed E-state index contributed by atoms with van der Waals surface area (Å²) in [5, 5.41) is 16.4. The Hall–Kier alpha value is -0.850. The number of hydrogen-bond acceptors (Lipinski definition) is 4. The zero-order chi connectivity index (χ0) is 19.0. The van der Waals surface area contributed by atoms with Crippen LogP contribution in [-0.4, -0.2) is 75.1 Å². The van der Waals surface area contributed by atoms with Crippen LogP contribution < -0.4 is 10.6 Å². The molecule has 26 heavy (non-hydrogen) atoms. The first-order chi connectivity index (χ1) is 12.5. The Bertz CT molecular complexity index is 428. The molecule has 2 unspecified atom stereocenters. The third-order valence-electron chi connectivity index (χ3n) is 6.22. The summed E-state index contributed by atoms with van der Waals surface area (Å²) in [5.41, 5.74) is 0.0346. The summed E-state index contributed by atoms with van der Waals surface area (Å²) in [6.45, 7) is 12.8. The van der Waals surface area contributed by atoms with E-state index in [0.717, 1.165) is 51.0 Å². The fraction of sp³-hybridized carbons (Fsp3) is 0.950. The predicted octanol–water partition coefficient (Wildman–Crippen LogP) is 1.70. The standard InChI is InChI=1S/C20H40N4O2/c1-16(2)18(24-9-5-17(3)6-10-24)13-22-19(21-4)23-14-20(7-11-25)8-12-26-15-20/h16-18,25H,5-15H2,1-4H3,(H2,21,22,23). The molecular weight excluding hydrogens is 328 g/mol. The summed E-state index contributed by atoms with van der Waals surface area (Å²) >= 11 is 0. The number of likely N-dealkylation sites (tertiary alicyclic amines) is 1. The second kappa shape index (κ2) is 10.5. The molecular formula is C20H40N4O2. The van der Waals surface area contributed by atoms with E-state index < -0.39 is 0 Å². The first-order valence-corrected chi connectivity index (χ1v) is 10.4. The molecule has 152 valence electrons.